The fraction of sp³-hybridized carbons (Fsp3) is 0. The molecule has 0 saturated carbocycles. The van der Waals surface area contributed by atoms with Crippen LogP contribution in [0.1, 0.15) is 10.4 Å². The summed E-state index contributed by atoms with van der Waals surface area (Å²) in [6.07, 6.45) is 0. The van der Waals surface area contributed by atoms with E-state index in [4.69, 9.17) is 11.6 Å². The van der Waals surface area contributed by atoms with Crippen molar-refractivity contribution in [1.29, 1.82) is 0 Å². The zero-order valence-corrected chi connectivity index (χ0v) is 11.4. The zero-order chi connectivity index (χ0) is 15.0. The van der Waals surface area contributed by atoms with Crippen molar-refractivity contribution in [3.8, 4) is 11.3 Å². The third-order valence-corrected chi connectivity index (χ3v) is 3.41. The lowest BCUT2D eigenvalue weighted by Crippen LogP contribution is -2.01. The number of carbonyl (C=O) groups is 1. The quantitative estimate of drug-likeness (QED) is 0.763. The molecule has 0 bridgehead atoms. The van der Waals surface area contributed by atoms with E-state index in [1.54, 1.807) is 30.3 Å². The Bertz CT molecular complexity index is 847. The molecule has 0 fully saturated rings. The SMILES string of the molecule is O=C(O)c1cc(-c2ccc(Cl)cc2)nc2c(F)cccc12. The maximum absolute atomic E-state index is 13.9. The Morgan fingerprint density at radius 3 is 2.52 bits per heavy atom. The van der Waals surface area contributed by atoms with Gasteiger partial charge in [-0.25, -0.2) is 14.2 Å². The minimum Gasteiger partial charge on any atom is -0.478 e. The largest absolute Gasteiger partial charge is 0.478 e. The summed E-state index contributed by atoms with van der Waals surface area (Å²) in [5.74, 6) is -1.67. The molecule has 3 nitrogen and oxygen atoms in total. The summed E-state index contributed by atoms with van der Waals surface area (Å²) in [5.41, 5.74) is 1.13. The van der Waals surface area contributed by atoms with Crippen LogP contribution in [-0.4, -0.2) is 16.1 Å². The first-order valence-electron chi connectivity index (χ1n) is 6.15. The number of para-hydroxylation sites is 1. The lowest BCUT2D eigenvalue weighted by molar-refractivity contribution is 0.0699. The van der Waals surface area contributed by atoms with Crippen molar-refractivity contribution in [2.24, 2.45) is 0 Å². The van der Waals surface area contributed by atoms with Crippen LogP contribution in [0.15, 0.2) is 48.5 Å². The molecule has 0 radical (unpaired) electrons. The van der Waals surface area contributed by atoms with Gasteiger partial charge >= 0.3 is 5.97 Å². The average Bonchev–Trinajstić information content (AvgIpc) is 2.47. The highest BCUT2D eigenvalue weighted by Crippen LogP contribution is 2.27. The first-order valence-corrected chi connectivity index (χ1v) is 6.52. The van der Waals surface area contributed by atoms with Crippen LogP contribution in [0, 0.1) is 5.82 Å². The standard InChI is InChI=1S/C16H9ClFNO2/c17-10-6-4-9(5-7-10)14-8-12(16(20)21)11-2-1-3-13(18)15(11)19-14/h1-8H,(H,20,21). The minimum atomic E-state index is -1.12. The number of fused-ring (bicyclic) bond motifs is 1. The van der Waals surface area contributed by atoms with E-state index in [1.165, 1.54) is 18.2 Å². The Labute approximate surface area is 124 Å². The number of benzene rings is 2. The van der Waals surface area contributed by atoms with Crippen LogP contribution in [0.4, 0.5) is 4.39 Å². The number of rotatable bonds is 2. The molecule has 104 valence electrons. The van der Waals surface area contributed by atoms with E-state index in [2.05, 4.69) is 4.98 Å². The third kappa shape index (κ3) is 2.45. The number of aromatic carboxylic acids is 1. The van der Waals surface area contributed by atoms with Crippen LogP contribution >= 0.6 is 11.6 Å². The Balaban J connectivity index is 2.32. The van der Waals surface area contributed by atoms with Crippen molar-refractivity contribution >= 4 is 28.5 Å². The zero-order valence-electron chi connectivity index (χ0n) is 10.7. The number of hydrogen-bond donors (Lipinski definition) is 1. The highest BCUT2D eigenvalue weighted by atomic mass is 35.5. The fourth-order valence-electron chi connectivity index (χ4n) is 2.16. The van der Waals surface area contributed by atoms with Gasteiger partial charge in [-0.2, -0.15) is 0 Å². The van der Waals surface area contributed by atoms with Crippen LogP contribution in [0.3, 0.4) is 0 Å². The van der Waals surface area contributed by atoms with Crippen molar-refractivity contribution in [3.63, 3.8) is 0 Å². The van der Waals surface area contributed by atoms with Crippen LogP contribution in [-0.2, 0) is 0 Å². The Morgan fingerprint density at radius 1 is 1.14 bits per heavy atom. The highest BCUT2D eigenvalue weighted by Gasteiger charge is 2.15. The van der Waals surface area contributed by atoms with E-state index in [-0.39, 0.29) is 16.5 Å². The van der Waals surface area contributed by atoms with E-state index >= 15 is 0 Å². The predicted molar refractivity (Wildman–Crippen MR) is 79.1 cm³/mol. The molecule has 0 amide bonds. The van der Waals surface area contributed by atoms with Gasteiger partial charge in [0.1, 0.15) is 11.3 Å². The van der Waals surface area contributed by atoms with Crippen molar-refractivity contribution in [2.45, 2.75) is 0 Å². The maximum atomic E-state index is 13.9. The van der Waals surface area contributed by atoms with Gasteiger partial charge in [0.25, 0.3) is 0 Å². The van der Waals surface area contributed by atoms with Crippen molar-refractivity contribution in [3.05, 3.63) is 64.9 Å². The smallest absolute Gasteiger partial charge is 0.336 e. The van der Waals surface area contributed by atoms with Gasteiger partial charge in [0.05, 0.1) is 11.3 Å². The highest BCUT2D eigenvalue weighted by molar-refractivity contribution is 6.30. The van der Waals surface area contributed by atoms with E-state index < -0.39 is 11.8 Å². The van der Waals surface area contributed by atoms with Crippen molar-refractivity contribution < 1.29 is 14.3 Å². The van der Waals surface area contributed by atoms with Crippen LogP contribution in [0.2, 0.25) is 5.02 Å². The number of halogens is 2. The fourth-order valence-corrected chi connectivity index (χ4v) is 2.28. The topological polar surface area (TPSA) is 50.2 Å². The summed E-state index contributed by atoms with van der Waals surface area (Å²) in [6.45, 7) is 0. The maximum Gasteiger partial charge on any atom is 0.336 e. The summed E-state index contributed by atoms with van der Waals surface area (Å²) < 4.78 is 13.9. The lowest BCUT2D eigenvalue weighted by atomic mass is 10.0. The molecule has 1 aromatic heterocycles. The normalized spacial score (nSPS) is 10.8. The second-order valence-electron chi connectivity index (χ2n) is 4.50. The molecule has 0 unspecified atom stereocenters. The molecule has 0 aliphatic rings. The number of hydrogen-bond acceptors (Lipinski definition) is 2. The van der Waals surface area contributed by atoms with Crippen LogP contribution in [0.5, 0.6) is 0 Å². The molecule has 21 heavy (non-hydrogen) atoms. The molecule has 3 rings (SSSR count). The lowest BCUT2D eigenvalue weighted by Gasteiger charge is -2.08. The van der Waals surface area contributed by atoms with Gasteiger partial charge in [0, 0.05) is 16.0 Å². The summed E-state index contributed by atoms with van der Waals surface area (Å²) in [6, 6.07) is 12.5. The molecule has 1 heterocycles. The molecule has 5 heteroatoms. The monoisotopic (exact) mass is 301 g/mol. The Kier molecular flexibility index (Phi) is 3.31. The van der Waals surface area contributed by atoms with Gasteiger partial charge in [-0.1, -0.05) is 35.9 Å². The number of aromatic nitrogens is 1. The summed E-state index contributed by atoms with van der Waals surface area (Å²) in [5, 5.41) is 10.2. The molecule has 0 atom stereocenters. The van der Waals surface area contributed by atoms with E-state index in [0.29, 0.717) is 16.3 Å². The molecule has 1 N–H and O–H groups in total. The van der Waals surface area contributed by atoms with Crippen LogP contribution in [0.25, 0.3) is 22.2 Å². The van der Waals surface area contributed by atoms with Crippen molar-refractivity contribution in [2.75, 3.05) is 0 Å². The van der Waals surface area contributed by atoms with Gasteiger partial charge in [0.15, 0.2) is 0 Å². The second-order valence-corrected chi connectivity index (χ2v) is 4.94. The number of nitrogens with zero attached hydrogens (tertiary/aromatic N) is 1. The van der Waals surface area contributed by atoms with Gasteiger partial charge in [-0.3, -0.25) is 0 Å². The Hall–Kier alpha value is -2.46. The Morgan fingerprint density at radius 2 is 1.86 bits per heavy atom. The summed E-state index contributed by atoms with van der Waals surface area (Å²) in [7, 11) is 0. The van der Waals surface area contributed by atoms with E-state index in [9.17, 15) is 14.3 Å². The molecule has 0 saturated heterocycles. The van der Waals surface area contributed by atoms with E-state index in [0.717, 1.165) is 0 Å². The average molecular weight is 302 g/mol. The second kappa shape index (κ2) is 5.14. The van der Waals surface area contributed by atoms with E-state index in [1.807, 2.05) is 0 Å². The predicted octanol–water partition coefficient (Wildman–Crippen LogP) is 4.39. The van der Waals surface area contributed by atoms with Crippen molar-refractivity contribution in [1.82, 2.24) is 4.98 Å². The number of carboxylic acids is 1. The molecule has 3 aromatic rings. The summed E-state index contributed by atoms with van der Waals surface area (Å²) in [4.78, 5) is 15.6. The molecule has 2 aromatic carbocycles. The third-order valence-electron chi connectivity index (χ3n) is 3.16. The van der Waals surface area contributed by atoms with Gasteiger partial charge in [-0.05, 0) is 24.3 Å². The molecule has 0 aliphatic carbocycles. The van der Waals surface area contributed by atoms with Gasteiger partial charge in [0.2, 0.25) is 0 Å². The molecule has 0 aliphatic heterocycles. The number of pyridine rings is 1. The summed E-state index contributed by atoms with van der Waals surface area (Å²) >= 11 is 5.83. The molecule has 0 spiro atoms. The first kappa shape index (κ1) is 13.5. The van der Waals surface area contributed by atoms with Gasteiger partial charge in [-0.15, -0.1) is 0 Å². The minimum absolute atomic E-state index is 0.0180. The first-order chi connectivity index (χ1) is 10.1. The number of carboxylic acid groups (broad SMARTS) is 1. The molecular formula is C16H9ClFNO2. The molecular weight excluding hydrogens is 293 g/mol. The van der Waals surface area contributed by atoms with Gasteiger partial charge < -0.3 is 5.11 Å². The van der Waals surface area contributed by atoms with Crippen LogP contribution < -0.4 is 0 Å².